The van der Waals surface area contributed by atoms with Gasteiger partial charge in [0.15, 0.2) is 0 Å². The number of aryl methyl sites for hydroxylation is 1. The quantitative estimate of drug-likeness (QED) is 0.915. The topological polar surface area (TPSA) is 80.3 Å². The molecule has 1 N–H and O–H groups in total. The molecule has 25 heavy (non-hydrogen) atoms. The fourth-order valence-corrected chi connectivity index (χ4v) is 3.57. The average molecular weight is 342 g/mol. The Balaban J connectivity index is 1.31. The number of H-pyrrole nitrogens is 1. The summed E-state index contributed by atoms with van der Waals surface area (Å²) in [6.07, 6.45) is 3.41. The van der Waals surface area contributed by atoms with Crippen LogP contribution in [-0.4, -0.2) is 57.4 Å². The van der Waals surface area contributed by atoms with Crippen LogP contribution in [0.5, 0.6) is 0 Å². The maximum atomic E-state index is 12.3. The van der Waals surface area contributed by atoms with Crippen molar-refractivity contribution in [3.63, 3.8) is 0 Å². The van der Waals surface area contributed by atoms with Gasteiger partial charge in [-0.05, 0) is 31.5 Å². The van der Waals surface area contributed by atoms with Gasteiger partial charge in [0.05, 0.1) is 31.5 Å². The van der Waals surface area contributed by atoms with Crippen LogP contribution < -0.4 is 0 Å². The van der Waals surface area contributed by atoms with Gasteiger partial charge in [-0.1, -0.05) is 6.07 Å². The van der Waals surface area contributed by atoms with Crippen LogP contribution in [0.4, 0.5) is 0 Å². The Kier molecular flexibility index (Phi) is 4.27. The molecular formula is C18H22N4O3. The number of ether oxygens (including phenoxy) is 2. The third-order valence-corrected chi connectivity index (χ3v) is 4.84. The second-order valence-corrected chi connectivity index (χ2v) is 6.86. The highest BCUT2D eigenvalue weighted by Crippen LogP contribution is 2.36. The second-order valence-electron chi connectivity index (χ2n) is 6.86. The molecule has 4 rings (SSSR count). The summed E-state index contributed by atoms with van der Waals surface area (Å²) in [7, 11) is 0. The maximum Gasteiger partial charge on any atom is 0.272 e. The minimum Gasteiger partial charge on any atom is -0.372 e. The molecule has 2 aromatic rings. The van der Waals surface area contributed by atoms with E-state index in [1.165, 1.54) is 0 Å². The molecule has 132 valence electrons. The molecule has 0 aliphatic carbocycles. The zero-order chi connectivity index (χ0) is 17.3. The molecule has 1 spiro atoms. The number of likely N-dealkylation sites (tertiary alicyclic amines) is 1. The lowest BCUT2D eigenvalue weighted by Crippen LogP contribution is -2.67. The molecule has 0 aromatic carbocycles. The number of rotatable bonds is 4. The first-order chi connectivity index (χ1) is 12.1. The van der Waals surface area contributed by atoms with E-state index in [4.69, 9.17) is 9.47 Å². The molecule has 4 heterocycles. The Morgan fingerprint density at radius 3 is 3.08 bits per heavy atom. The Hall–Kier alpha value is -2.25. The first kappa shape index (κ1) is 16.2. The van der Waals surface area contributed by atoms with Gasteiger partial charge in [0.2, 0.25) is 0 Å². The summed E-state index contributed by atoms with van der Waals surface area (Å²) in [6.45, 7) is 4.37. The van der Waals surface area contributed by atoms with Crippen molar-refractivity contribution in [1.82, 2.24) is 20.1 Å². The summed E-state index contributed by atoms with van der Waals surface area (Å²) in [5.74, 6) is -0.0290. The molecule has 0 saturated carbocycles. The summed E-state index contributed by atoms with van der Waals surface area (Å²) in [6, 6.07) is 7.65. The number of amides is 1. The molecule has 2 aliphatic heterocycles. The molecule has 2 fully saturated rings. The zero-order valence-electron chi connectivity index (χ0n) is 14.3. The number of aromatic amines is 1. The Labute approximate surface area is 146 Å². The number of pyridine rings is 1. The zero-order valence-corrected chi connectivity index (χ0v) is 14.3. The van der Waals surface area contributed by atoms with Crippen molar-refractivity contribution in [2.24, 2.45) is 0 Å². The van der Waals surface area contributed by atoms with Crippen LogP contribution in [0.2, 0.25) is 0 Å². The summed E-state index contributed by atoms with van der Waals surface area (Å²) in [4.78, 5) is 18.6. The number of hydrogen-bond acceptors (Lipinski definition) is 5. The van der Waals surface area contributed by atoms with Crippen LogP contribution in [0.25, 0.3) is 0 Å². The average Bonchev–Trinajstić information content (AvgIpc) is 3.12. The van der Waals surface area contributed by atoms with E-state index >= 15 is 0 Å². The summed E-state index contributed by atoms with van der Waals surface area (Å²) in [5.41, 5.74) is 2.20. The highest BCUT2D eigenvalue weighted by molar-refractivity contribution is 5.92. The minimum atomic E-state index is -0.265. The molecular weight excluding hydrogens is 320 g/mol. The summed E-state index contributed by atoms with van der Waals surface area (Å²) >= 11 is 0. The highest BCUT2D eigenvalue weighted by atomic mass is 16.5. The lowest BCUT2D eigenvalue weighted by molar-refractivity contribution is -0.188. The number of hydrogen-bond donors (Lipinski definition) is 1. The molecule has 1 amide bonds. The SMILES string of the molecule is Cc1cccc(CO[C@H]2CCOC3(C2)CN(C(=O)c2ccn[nH]2)C3)n1. The van der Waals surface area contributed by atoms with Crippen molar-refractivity contribution in [3.8, 4) is 0 Å². The number of nitrogens with one attached hydrogen (secondary N) is 1. The molecule has 2 aromatic heterocycles. The van der Waals surface area contributed by atoms with E-state index in [-0.39, 0.29) is 17.6 Å². The van der Waals surface area contributed by atoms with Gasteiger partial charge in [-0.25, -0.2) is 0 Å². The number of nitrogens with zero attached hydrogens (tertiary/aromatic N) is 3. The molecule has 1 atom stereocenters. The minimum absolute atomic E-state index is 0.0290. The van der Waals surface area contributed by atoms with Gasteiger partial charge in [-0.3, -0.25) is 14.9 Å². The van der Waals surface area contributed by atoms with Gasteiger partial charge in [0.1, 0.15) is 11.3 Å². The van der Waals surface area contributed by atoms with E-state index in [1.54, 1.807) is 17.2 Å². The molecule has 0 radical (unpaired) electrons. The van der Waals surface area contributed by atoms with Gasteiger partial charge < -0.3 is 14.4 Å². The van der Waals surface area contributed by atoms with Crippen LogP contribution >= 0.6 is 0 Å². The molecule has 2 saturated heterocycles. The van der Waals surface area contributed by atoms with Gasteiger partial charge in [0, 0.05) is 24.9 Å². The summed E-state index contributed by atoms with van der Waals surface area (Å²) < 4.78 is 12.0. The summed E-state index contributed by atoms with van der Waals surface area (Å²) in [5, 5.41) is 6.55. The first-order valence-electron chi connectivity index (χ1n) is 8.60. The van der Waals surface area contributed by atoms with Crippen molar-refractivity contribution in [2.75, 3.05) is 19.7 Å². The van der Waals surface area contributed by atoms with E-state index in [2.05, 4.69) is 15.2 Å². The third kappa shape index (κ3) is 3.43. The van der Waals surface area contributed by atoms with E-state index in [0.29, 0.717) is 32.0 Å². The second kappa shape index (κ2) is 6.57. The molecule has 7 nitrogen and oxygen atoms in total. The maximum absolute atomic E-state index is 12.3. The van der Waals surface area contributed by atoms with Crippen molar-refractivity contribution in [3.05, 3.63) is 47.5 Å². The Morgan fingerprint density at radius 2 is 2.32 bits per heavy atom. The smallest absolute Gasteiger partial charge is 0.272 e. The monoisotopic (exact) mass is 342 g/mol. The molecule has 0 bridgehead atoms. The predicted octanol–water partition coefficient (Wildman–Crippen LogP) is 1.70. The van der Waals surface area contributed by atoms with Crippen molar-refractivity contribution >= 4 is 5.91 Å². The number of carbonyl (C=O) groups is 1. The Morgan fingerprint density at radius 1 is 1.44 bits per heavy atom. The van der Waals surface area contributed by atoms with E-state index < -0.39 is 0 Å². The lowest BCUT2D eigenvalue weighted by atomic mass is 9.84. The largest absolute Gasteiger partial charge is 0.372 e. The number of aromatic nitrogens is 3. The highest BCUT2D eigenvalue weighted by Gasteiger charge is 2.49. The van der Waals surface area contributed by atoms with Crippen LogP contribution in [0.1, 0.15) is 34.7 Å². The predicted molar refractivity (Wildman–Crippen MR) is 90.0 cm³/mol. The van der Waals surface area contributed by atoms with Crippen LogP contribution in [0.3, 0.4) is 0 Å². The standard InChI is InChI=1S/C18H22N4O3/c1-13-3-2-4-14(20-13)10-24-15-6-8-25-18(9-15)11-22(12-18)17(23)16-5-7-19-21-16/h2-5,7,15H,6,8-12H2,1H3,(H,19,21)/t15-/m0/s1. The van der Waals surface area contributed by atoms with Crippen LogP contribution in [0.15, 0.2) is 30.5 Å². The van der Waals surface area contributed by atoms with E-state index in [0.717, 1.165) is 24.2 Å². The van der Waals surface area contributed by atoms with Crippen molar-refractivity contribution < 1.29 is 14.3 Å². The molecule has 2 aliphatic rings. The molecule has 7 heteroatoms. The fraction of sp³-hybridized carbons (Fsp3) is 0.500. The van der Waals surface area contributed by atoms with Crippen LogP contribution in [0, 0.1) is 6.92 Å². The van der Waals surface area contributed by atoms with Crippen molar-refractivity contribution in [1.29, 1.82) is 0 Å². The van der Waals surface area contributed by atoms with Crippen LogP contribution in [-0.2, 0) is 16.1 Å². The van der Waals surface area contributed by atoms with E-state index in [9.17, 15) is 4.79 Å². The van der Waals surface area contributed by atoms with Gasteiger partial charge in [-0.15, -0.1) is 0 Å². The van der Waals surface area contributed by atoms with Gasteiger partial charge in [0.25, 0.3) is 5.91 Å². The van der Waals surface area contributed by atoms with Gasteiger partial charge in [-0.2, -0.15) is 5.10 Å². The van der Waals surface area contributed by atoms with Gasteiger partial charge >= 0.3 is 0 Å². The normalized spacial score (nSPS) is 22.0. The fourth-order valence-electron chi connectivity index (χ4n) is 3.57. The lowest BCUT2D eigenvalue weighted by Gasteiger charge is -2.52. The van der Waals surface area contributed by atoms with E-state index in [1.807, 2.05) is 25.1 Å². The first-order valence-corrected chi connectivity index (χ1v) is 8.60. The molecule has 0 unspecified atom stereocenters. The van der Waals surface area contributed by atoms with Crippen molar-refractivity contribution in [2.45, 2.75) is 38.1 Å². The number of carbonyl (C=O) groups excluding carboxylic acids is 1. The Bertz CT molecular complexity index is 741. The third-order valence-electron chi connectivity index (χ3n) is 4.84.